The van der Waals surface area contributed by atoms with Gasteiger partial charge in [-0.3, -0.25) is 5.43 Å². The summed E-state index contributed by atoms with van der Waals surface area (Å²) in [5.41, 5.74) is 6.00. The quantitative estimate of drug-likeness (QED) is 0.226. The first-order valence-electron chi connectivity index (χ1n) is 10.3. The molecule has 1 N–H and O–H groups in total. The van der Waals surface area contributed by atoms with Crippen LogP contribution in [-0.2, 0) is 0 Å². The van der Waals surface area contributed by atoms with Crippen molar-refractivity contribution in [2.45, 2.75) is 13.8 Å². The lowest BCUT2D eigenvalue weighted by atomic mass is 10.1. The van der Waals surface area contributed by atoms with E-state index in [1.54, 1.807) is 30.8 Å². The monoisotopic (exact) mass is 448 g/mol. The number of aromatic nitrogens is 1. The van der Waals surface area contributed by atoms with E-state index in [0.717, 1.165) is 24.0 Å². The van der Waals surface area contributed by atoms with Gasteiger partial charge in [0.1, 0.15) is 0 Å². The van der Waals surface area contributed by atoms with Gasteiger partial charge in [0.25, 0.3) is 0 Å². The summed E-state index contributed by atoms with van der Waals surface area (Å²) in [4.78, 5) is 19.3. The number of anilines is 2. The Balaban J connectivity index is 1.49. The van der Waals surface area contributed by atoms with Crippen LogP contribution in [0.2, 0.25) is 0 Å². The molecule has 4 rings (SSSR count). The molecule has 0 radical (unpaired) electrons. The molecule has 8 heteroatoms. The van der Waals surface area contributed by atoms with E-state index in [0.29, 0.717) is 27.7 Å². The first-order valence-corrected chi connectivity index (χ1v) is 11.2. The molecule has 0 amide bonds. The normalized spacial score (nSPS) is 11.2. The molecule has 0 atom stereocenters. The number of methoxy groups -OCH3 is 1. The van der Waals surface area contributed by atoms with E-state index < -0.39 is 5.63 Å². The number of para-hydroxylation sites is 1. The smallest absolute Gasteiger partial charge is 0.345 e. The lowest BCUT2D eigenvalue weighted by Gasteiger charge is -2.20. The Bertz CT molecular complexity index is 1290. The van der Waals surface area contributed by atoms with Gasteiger partial charge in [-0.2, -0.15) is 5.10 Å². The second-order valence-electron chi connectivity index (χ2n) is 7.00. The number of thiazole rings is 1. The van der Waals surface area contributed by atoms with Crippen LogP contribution in [0.15, 0.2) is 68.2 Å². The Hall–Kier alpha value is -3.65. The van der Waals surface area contributed by atoms with Crippen molar-refractivity contribution in [2.24, 2.45) is 5.10 Å². The average molecular weight is 449 g/mol. The molecule has 2 aromatic heterocycles. The summed E-state index contributed by atoms with van der Waals surface area (Å²) >= 11 is 1.37. The molecule has 4 aromatic rings. The molecule has 32 heavy (non-hydrogen) atoms. The van der Waals surface area contributed by atoms with Gasteiger partial charge < -0.3 is 14.1 Å². The van der Waals surface area contributed by atoms with Crippen LogP contribution in [-0.4, -0.2) is 31.4 Å². The van der Waals surface area contributed by atoms with Gasteiger partial charge in [-0.05, 0) is 43.7 Å². The fraction of sp³-hybridized carbons (Fsp3) is 0.208. The molecule has 0 bridgehead atoms. The van der Waals surface area contributed by atoms with E-state index in [9.17, 15) is 4.79 Å². The van der Waals surface area contributed by atoms with Crippen LogP contribution in [0.4, 0.5) is 10.8 Å². The molecular formula is C24H24N4O3S. The third-order valence-electron chi connectivity index (χ3n) is 5.12. The minimum Gasteiger partial charge on any atom is -0.493 e. The minimum atomic E-state index is -0.462. The van der Waals surface area contributed by atoms with Crippen LogP contribution < -0.4 is 20.7 Å². The number of benzene rings is 2. The number of nitrogens with zero attached hydrogens (tertiary/aromatic N) is 3. The Kier molecular flexibility index (Phi) is 6.51. The van der Waals surface area contributed by atoms with Crippen LogP contribution >= 0.6 is 11.3 Å². The molecule has 164 valence electrons. The maximum atomic E-state index is 12.5. The van der Waals surface area contributed by atoms with E-state index in [4.69, 9.17) is 9.15 Å². The average Bonchev–Trinajstić information content (AvgIpc) is 3.28. The number of ether oxygens (including phenoxy) is 1. The van der Waals surface area contributed by atoms with Crippen LogP contribution in [0.1, 0.15) is 19.4 Å². The minimum absolute atomic E-state index is 0.394. The van der Waals surface area contributed by atoms with Crippen LogP contribution in [0.25, 0.3) is 22.2 Å². The molecule has 7 nitrogen and oxygen atoms in total. The number of hydrogen-bond acceptors (Lipinski definition) is 8. The van der Waals surface area contributed by atoms with Crippen molar-refractivity contribution in [3.8, 4) is 17.0 Å². The number of rotatable bonds is 8. The molecule has 0 saturated carbocycles. The zero-order valence-electron chi connectivity index (χ0n) is 18.2. The highest BCUT2D eigenvalue weighted by molar-refractivity contribution is 7.14. The van der Waals surface area contributed by atoms with Gasteiger partial charge >= 0.3 is 5.63 Å². The van der Waals surface area contributed by atoms with E-state index in [2.05, 4.69) is 46.4 Å². The van der Waals surface area contributed by atoms with Crippen molar-refractivity contribution in [2.75, 3.05) is 30.5 Å². The second-order valence-corrected chi connectivity index (χ2v) is 7.86. The molecule has 0 aliphatic heterocycles. The summed E-state index contributed by atoms with van der Waals surface area (Å²) < 4.78 is 10.8. The highest BCUT2D eigenvalue weighted by Gasteiger charge is 2.13. The zero-order chi connectivity index (χ0) is 22.5. The molecule has 0 aliphatic rings. The van der Waals surface area contributed by atoms with Crippen molar-refractivity contribution in [3.63, 3.8) is 0 Å². The van der Waals surface area contributed by atoms with Crippen molar-refractivity contribution in [1.29, 1.82) is 0 Å². The number of hydrogen-bond donors (Lipinski definition) is 1. The summed E-state index contributed by atoms with van der Waals surface area (Å²) in [7, 11) is 1.54. The van der Waals surface area contributed by atoms with Gasteiger partial charge in [0, 0.05) is 29.5 Å². The fourth-order valence-corrected chi connectivity index (χ4v) is 4.09. The SMILES string of the molecule is CCN(CC)c1ccc(/C=N\Nc2nc(-c3cc4cccc(OC)c4oc3=O)cs2)cc1. The summed E-state index contributed by atoms with van der Waals surface area (Å²) in [6, 6.07) is 15.5. The summed E-state index contributed by atoms with van der Waals surface area (Å²) in [6.45, 7) is 6.23. The first-order chi connectivity index (χ1) is 15.6. The van der Waals surface area contributed by atoms with Crippen molar-refractivity contribution in [1.82, 2.24) is 4.98 Å². The maximum Gasteiger partial charge on any atom is 0.345 e. The van der Waals surface area contributed by atoms with Gasteiger partial charge in [-0.15, -0.1) is 11.3 Å². The van der Waals surface area contributed by atoms with Crippen molar-refractivity contribution < 1.29 is 9.15 Å². The second kappa shape index (κ2) is 9.65. The Morgan fingerprint density at radius 3 is 2.69 bits per heavy atom. The summed E-state index contributed by atoms with van der Waals surface area (Å²) in [5.74, 6) is 0.520. The van der Waals surface area contributed by atoms with Gasteiger partial charge in [0.05, 0.1) is 24.6 Å². The number of hydrazone groups is 1. The van der Waals surface area contributed by atoms with Gasteiger partial charge in [-0.25, -0.2) is 9.78 Å². The zero-order valence-corrected chi connectivity index (χ0v) is 19.0. The molecule has 0 fully saturated rings. The Labute approximate surface area is 190 Å². The third-order valence-corrected chi connectivity index (χ3v) is 5.87. The highest BCUT2D eigenvalue weighted by atomic mass is 32.1. The first kappa shape index (κ1) is 21.6. The molecule has 0 saturated heterocycles. The standard InChI is InChI=1S/C24H24N4O3S/c1-4-28(5-2)18-11-9-16(10-12-18)14-25-27-24-26-20(15-32-24)19-13-17-7-6-8-21(30-3)22(17)31-23(19)29/h6-15H,4-5H2,1-3H3,(H,26,27)/b25-14-. The highest BCUT2D eigenvalue weighted by Crippen LogP contribution is 2.29. The molecule has 0 unspecified atom stereocenters. The number of fused-ring (bicyclic) bond motifs is 1. The van der Waals surface area contributed by atoms with Gasteiger partial charge in [0.2, 0.25) is 5.13 Å². The fourth-order valence-electron chi connectivity index (χ4n) is 3.43. The van der Waals surface area contributed by atoms with Crippen molar-refractivity contribution >= 4 is 39.3 Å². The predicted octanol–water partition coefficient (Wildman–Crippen LogP) is 5.22. The largest absolute Gasteiger partial charge is 0.493 e. The molecule has 2 aromatic carbocycles. The Morgan fingerprint density at radius 2 is 1.97 bits per heavy atom. The lowest BCUT2D eigenvalue weighted by Crippen LogP contribution is -2.21. The third kappa shape index (κ3) is 4.50. The van der Waals surface area contributed by atoms with E-state index >= 15 is 0 Å². The van der Waals surface area contributed by atoms with Crippen molar-refractivity contribution in [3.05, 3.63) is 69.9 Å². The Morgan fingerprint density at radius 1 is 1.19 bits per heavy atom. The molecule has 0 aliphatic carbocycles. The maximum absolute atomic E-state index is 12.5. The van der Waals surface area contributed by atoms with Gasteiger partial charge in [0.15, 0.2) is 11.3 Å². The topological polar surface area (TPSA) is 80.0 Å². The molecule has 2 heterocycles. The summed E-state index contributed by atoms with van der Waals surface area (Å²) in [5, 5.41) is 7.43. The van der Waals surface area contributed by atoms with E-state index in [-0.39, 0.29) is 0 Å². The molecule has 0 spiro atoms. The predicted molar refractivity (Wildman–Crippen MR) is 131 cm³/mol. The van der Waals surface area contributed by atoms with Crippen LogP contribution in [0, 0.1) is 0 Å². The van der Waals surface area contributed by atoms with Crippen LogP contribution in [0.5, 0.6) is 5.75 Å². The van der Waals surface area contributed by atoms with E-state index in [1.807, 2.05) is 24.3 Å². The number of nitrogens with one attached hydrogen (secondary N) is 1. The molecular weight excluding hydrogens is 424 g/mol. The summed E-state index contributed by atoms with van der Waals surface area (Å²) in [6.07, 6.45) is 1.74. The lowest BCUT2D eigenvalue weighted by molar-refractivity contribution is 0.407. The van der Waals surface area contributed by atoms with Crippen LogP contribution in [0.3, 0.4) is 0 Å². The van der Waals surface area contributed by atoms with Gasteiger partial charge in [-0.1, -0.05) is 24.3 Å². The van der Waals surface area contributed by atoms with E-state index in [1.165, 1.54) is 17.0 Å².